The van der Waals surface area contributed by atoms with E-state index >= 15 is 0 Å². The second kappa shape index (κ2) is 6.36. The predicted octanol–water partition coefficient (Wildman–Crippen LogP) is 4.50. The van der Waals surface area contributed by atoms with Gasteiger partial charge in [0.25, 0.3) is 0 Å². The van der Waals surface area contributed by atoms with Gasteiger partial charge < -0.3 is 4.74 Å². The Bertz CT molecular complexity index is 804. The van der Waals surface area contributed by atoms with E-state index in [1.165, 1.54) is 17.4 Å². The van der Waals surface area contributed by atoms with Crippen LogP contribution in [0.25, 0.3) is 10.3 Å². The third kappa shape index (κ3) is 3.22. The van der Waals surface area contributed by atoms with E-state index < -0.39 is 11.6 Å². The highest BCUT2D eigenvalue weighted by Gasteiger charge is 2.09. The summed E-state index contributed by atoms with van der Waals surface area (Å²) in [5.74, 6) is -1.33. The molecule has 22 heavy (non-hydrogen) atoms. The van der Waals surface area contributed by atoms with Crippen molar-refractivity contribution in [2.75, 3.05) is 0 Å². The lowest BCUT2D eigenvalue weighted by atomic mass is 10.2. The van der Waals surface area contributed by atoms with Crippen molar-refractivity contribution in [3.63, 3.8) is 0 Å². The molecule has 0 atom stereocenters. The van der Waals surface area contributed by atoms with Gasteiger partial charge in [0.05, 0.1) is 0 Å². The van der Waals surface area contributed by atoms with E-state index in [0.717, 1.165) is 41.0 Å². The minimum absolute atomic E-state index is 0.0142. The van der Waals surface area contributed by atoms with Crippen LogP contribution in [0.4, 0.5) is 8.78 Å². The number of hydrogen-bond donors (Lipinski definition) is 0. The molecule has 0 spiro atoms. The van der Waals surface area contributed by atoms with Gasteiger partial charge in [0.2, 0.25) is 0 Å². The fourth-order valence-electron chi connectivity index (χ4n) is 2.09. The molecule has 0 aliphatic rings. The van der Waals surface area contributed by atoms with Crippen LogP contribution < -0.4 is 4.74 Å². The quantitative estimate of drug-likeness (QED) is 0.694. The molecule has 0 unspecified atom stereocenters. The number of nitrogens with zero attached hydrogens (tertiary/aromatic N) is 2. The average molecular weight is 320 g/mol. The Morgan fingerprint density at radius 2 is 2.00 bits per heavy atom. The highest BCUT2D eigenvalue weighted by molar-refractivity contribution is 7.18. The van der Waals surface area contributed by atoms with Crippen LogP contribution in [0.15, 0.2) is 30.3 Å². The van der Waals surface area contributed by atoms with Crippen molar-refractivity contribution in [2.24, 2.45) is 0 Å². The number of rotatable bonds is 5. The van der Waals surface area contributed by atoms with Crippen molar-refractivity contribution < 1.29 is 13.5 Å². The van der Waals surface area contributed by atoms with E-state index in [1.807, 2.05) is 12.1 Å². The van der Waals surface area contributed by atoms with Gasteiger partial charge in [-0.1, -0.05) is 24.7 Å². The van der Waals surface area contributed by atoms with Gasteiger partial charge in [0.1, 0.15) is 27.8 Å². The largest absolute Gasteiger partial charge is 0.483 e. The second-order valence-electron chi connectivity index (χ2n) is 4.85. The Morgan fingerprint density at radius 3 is 2.77 bits per heavy atom. The number of thiazole rings is 1. The second-order valence-corrected chi connectivity index (χ2v) is 5.91. The van der Waals surface area contributed by atoms with Crippen LogP contribution in [0, 0.1) is 11.6 Å². The lowest BCUT2D eigenvalue weighted by Gasteiger charge is -2.04. The summed E-state index contributed by atoms with van der Waals surface area (Å²) in [7, 11) is 0. The summed E-state index contributed by atoms with van der Waals surface area (Å²) in [6.45, 7) is 2.24. The number of benzene rings is 1. The number of ether oxygens (including phenoxy) is 1. The third-order valence-corrected chi connectivity index (χ3v) is 4.05. The lowest BCUT2D eigenvalue weighted by molar-refractivity contribution is 0.289. The van der Waals surface area contributed by atoms with Crippen LogP contribution in [0.2, 0.25) is 0 Å². The summed E-state index contributed by atoms with van der Waals surface area (Å²) >= 11 is 1.42. The summed E-state index contributed by atoms with van der Waals surface area (Å²) in [4.78, 5) is 9.81. The molecule has 0 amide bonds. The van der Waals surface area contributed by atoms with Gasteiger partial charge in [-0.3, -0.25) is 0 Å². The number of aryl methyl sites for hydroxylation is 1. The molecule has 0 saturated carbocycles. The molecule has 6 heteroatoms. The zero-order valence-electron chi connectivity index (χ0n) is 12.0. The summed E-state index contributed by atoms with van der Waals surface area (Å²) in [5.41, 5.74) is 1.85. The van der Waals surface area contributed by atoms with Crippen molar-refractivity contribution in [2.45, 2.75) is 26.4 Å². The molecule has 0 N–H and O–H groups in total. The van der Waals surface area contributed by atoms with Crippen molar-refractivity contribution in [1.82, 2.24) is 9.97 Å². The average Bonchev–Trinajstić information content (AvgIpc) is 2.89. The van der Waals surface area contributed by atoms with Crippen LogP contribution >= 0.6 is 11.3 Å². The van der Waals surface area contributed by atoms with Crippen LogP contribution in [-0.4, -0.2) is 9.97 Å². The Balaban J connectivity index is 1.76. The molecule has 0 saturated heterocycles. The zero-order chi connectivity index (χ0) is 15.5. The maximum absolute atomic E-state index is 13.5. The van der Waals surface area contributed by atoms with Gasteiger partial charge in [-0.15, -0.1) is 0 Å². The summed E-state index contributed by atoms with van der Waals surface area (Å²) in [5, 5.41) is 0.708. The molecule has 114 valence electrons. The molecule has 0 bridgehead atoms. The van der Waals surface area contributed by atoms with Crippen molar-refractivity contribution in [3.05, 3.63) is 52.7 Å². The first-order chi connectivity index (χ1) is 10.7. The monoisotopic (exact) mass is 320 g/mol. The highest BCUT2D eigenvalue weighted by atomic mass is 32.1. The number of pyridine rings is 1. The summed E-state index contributed by atoms with van der Waals surface area (Å²) in [6, 6.07) is 7.14. The van der Waals surface area contributed by atoms with E-state index in [0.29, 0.717) is 5.01 Å². The van der Waals surface area contributed by atoms with E-state index in [2.05, 4.69) is 16.9 Å². The number of hydrogen-bond acceptors (Lipinski definition) is 4. The number of fused-ring (bicyclic) bond motifs is 1. The van der Waals surface area contributed by atoms with Crippen LogP contribution in [0.5, 0.6) is 5.75 Å². The normalized spacial score (nSPS) is 11.0. The molecule has 2 aromatic heterocycles. The summed E-state index contributed by atoms with van der Waals surface area (Å²) < 4.78 is 31.7. The van der Waals surface area contributed by atoms with Gasteiger partial charge in [0.15, 0.2) is 11.6 Å². The first-order valence-electron chi connectivity index (χ1n) is 6.99. The molecule has 0 fully saturated rings. The van der Waals surface area contributed by atoms with Gasteiger partial charge >= 0.3 is 0 Å². The standard InChI is InChI=1S/C16H14F2N2OS/c1-2-3-11-5-6-13-16(19-11)22-15(20-13)9-21-14-7-4-10(17)8-12(14)18/h4-8H,2-3,9H2,1H3. The number of halogens is 2. The molecule has 3 nitrogen and oxygen atoms in total. The minimum Gasteiger partial charge on any atom is -0.483 e. The van der Waals surface area contributed by atoms with Crippen LogP contribution in [0.1, 0.15) is 24.0 Å². The molecular weight excluding hydrogens is 306 g/mol. The Labute approximate surface area is 130 Å². The molecule has 2 heterocycles. The van der Waals surface area contributed by atoms with Gasteiger partial charge in [-0.25, -0.2) is 18.7 Å². The fraction of sp³-hybridized carbons (Fsp3) is 0.250. The minimum atomic E-state index is -0.718. The first kappa shape index (κ1) is 14.8. The third-order valence-electron chi connectivity index (χ3n) is 3.11. The molecule has 3 aromatic rings. The molecule has 0 aliphatic heterocycles. The zero-order valence-corrected chi connectivity index (χ0v) is 12.8. The maximum Gasteiger partial charge on any atom is 0.167 e. The van der Waals surface area contributed by atoms with E-state index in [4.69, 9.17) is 4.74 Å². The van der Waals surface area contributed by atoms with Gasteiger partial charge in [-0.2, -0.15) is 0 Å². The van der Waals surface area contributed by atoms with Crippen molar-refractivity contribution >= 4 is 21.7 Å². The molecule has 0 radical (unpaired) electrons. The Kier molecular flexibility index (Phi) is 4.29. The molecule has 1 aromatic carbocycles. The van der Waals surface area contributed by atoms with E-state index in [9.17, 15) is 8.78 Å². The van der Waals surface area contributed by atoms with Gasteiger partial charge in [0, 0.05) is 11.8 Å². The van der Waals surface area contributed by atoms with E-state index in [-0.39, 0.29) is 12.4 Å². The fourth-order valence-corrected chi connectivity index (χ4v) is 2.96. The molecule has 0 aliphatic carbocycles. The van der Waals surface area contributed by atoms with Crippen molar-refractivity contribution in [1.29, 1.82) is 0 Å². The predicted molar refractivity (Wildman–Crippen MR) is 82.1 cm³/mol. The van der Waals surface area contributed by atoms with Gasteiger partial charge in [-0.05, 0) is 30.7 Å². The van der Waals surface area contributed by atoms with Crippen LogP contribution in [0.3, 0.4) is 0 Å². The van der Waals surface area contributed by atoms with E-state index in [1.54, 1.807) is 0 Å². The number of aromatic nitrogens is 2. The first-order valence-corrected chi connectivity index (χ1v) is 7.80. The highest BCUT2D eigenvalue weighted by Crippen LogP contribution is 2.24. The molecular formula is C16H14F2N2OS. The smallest absolute Gasteiger partial charge is 0.167 e. The SMILES string of the molecule is CCCc1ccc2nc(COc3ccc(F)cc3F)sc2n1. The molecule has 3 rings (SSSR count). The lowest BCUT2D eigenvalue weighted by Crippen LogP contribution is -1.97. The van der Waals surface area contributed by atoms with Crippen LogP contribution in [-0.2, 0) is 13.0 Å². The Morgan fingerprint density at radius 1 is 1.14 bits per heavy atom. The van der Waals surface area contributed by atoms with Crippen molar-refractivity contribution in [3.8, 4) is 5.75 Å². The summed E-state index contributed by atoms with van der Waals surface area (Å²) in [6.07, 6.45) is 1.97. The Hall–Kier alpha value is -2.08. The topological polar surface area (TPSA) is 35.0 Å². The maximum atomic E-state index is 13.5.